The van der Waals surface area contributed by atoms with Gasteiger partial charge >= 0.3 is 0 Å². The van der Waals surface area contributed by atoms with Crippen LogP contribution in [0.1, 0.15) is 16.1 Å². The topological polar surface area (TPSA) is 80.5 Å². The van der Waals surface area contributed by atoms with Crippen LogP contribution >= 0.6 is 0 Å². The number of piperazine rings is 2. The molecular formula is C22H31N7O2. The number of nitrogens with zero attached hydrogens (tertiary/aromatic N) is 6. The minimum Gasteiger partial charge on any atom is -0.459 e. The van der Waals surface area contributed by atoms with Crippen molar-refractivity contribution in [3.05, 3.63) is 48.0 Å². The van der Waals surface area contributed by atoms with E-state index < -0.39 is 0 Å². The molecule has 1 N–H and O–H groups in total. The number of aliphatic imine (C=N–C) groups is 1. The van der Waals surface area contributed by atoms with E-state index in [4.69, 9.17) is 4.42 Å². The molecule has 0 aromatic carbocycles. The molecule has 0 spiro atoms. The Balaban J connectivity index is 1.29. The first-order valence-electron chi connectivity index (χ1n) is 10.8. The van der Waals surface area contributed by atoms with Gasteiger partial charge in [0.05, 0.1) is 6.26 Å². The van der Waals surface area contributed by atoms with Gasteiger partial charge in [-0.3, -0.25) is 9.79 Å². The SMILES string of the molecule is CN=C(NCc1ccnc(N2CCN(C)CC2)c1)N1CCN(C(=O)c2ccco2)CC1. The largest absolute Gasteiger partial charge is 0.459 e. The van der Waals surface area contributed by atoms with E-state index in [1.165, 1.54) is 11.8 Å². The maximum atomic E-state index is 12.5. The summed E-state index contributed by atoms with van der Waals surface area (Å²) in [5, 5.41) is 3.46. The highest BCUT2D eigenvalue weighted by molar-refractivity contribution is 5.91. The molecule has 0 atom stereocenters. The maximum absolute atomic E-state index is 12.5. The van der Waals surface area contributed by atoms with E-state index in [1.54, 1.807) is 19.2 Å². The number of pyridine rings is 1. The van der Waals surface area contributed by atoms with Crippen molar-refractivity contribution in [1.29, 1.82) is 0 Å². The summed E-state index contributed by atoms with van der Waals surface area (Å²) in [6, 6.07) is 7.65. The number of hydrogen-bond donors (Lipinski definition) is 1. The van der Waals surface area contributed by atoms with Crippen molar-refractivity contribution in [1.82, 2.24) is 25.0 Å². The van der Waals surface area contributed by atoms with Gasteiger partial charge in [-0.1, -0.05) is 0 Å². The summed E-state index contributed by atoms with van der Waals surface area (Å²) in [6.45, 7) is 7.56. The fraction of sp³-hybridized carbons (Fsp3) is 0.500. The number of nitrogens with one attached hydrogen (secondary N) is 1. The second-order valence-electron chi connectivity index (χ2n) is 7.97. The summed E-state index contributed by atoms with van der Waals surface area (Å²) in [5.74, 6) is 2.22. The lowest BCUT2D eigenvalue weighted by Crippen LogP contribution is -2.53. The minimum absolute atomic E-state index is 0.0548. The van der Waals surface area contributed by atoms with E-state index in [1.807, 2.05) is 17.2 Å². The third-order valence-electron chi connectivity index (χ3n) is 5.90. The molecule has 2 saturated heterocycles. The Labute approximate surface area is 183 Å². The summed E-state index contributed by atoms with van der Waals surface area (Å²) in [7, 11) is 3.95. The zero-order chi connectivity index (χ0) is 21.6. The van der Waals surface area contributed by atoms with E-state index >= 15 is 0 Å². The minimum atomic E-state index is -0.0548. The number of likely N-dealkylation sites (N-methyl/N-ethyl adjacent to an activating group) is 1. The molecule has 0 bridgehead atoms. The zero-order valence-corrected chi connectivity index (χ0v) is 18.3. The van der Waals surface area contributed by atoms with Crippen molar-refractivity contribution < 1.29 is 9.21 Å². The Bertz CT molecular complexity index is 883. The number of aromatic nitrogens is 1. The molecule has 0 unspecified atom stereocenters. The number of anilines is 1. The fourth-order valence-electron chi connectivity index (χ4n) is 3.97. The van der Waals surface area contributed by atoms with Crippen molar-refractivity contribution in [2.45, 2.75) is 6.54 Å². The molecule has 2 fully saturated rings. The van der Waals surface area contributed by atoms with E-state index in [-0.39, 0.29) is 5.91 Å². The number of guanidine groups is 1. The number of amides is 1. The third-order valence-corrected chi connectivity index (χ3v) is 5.90. The molecule has 4 rings (SSSR count). The lowest BCUT2D eigenvalue weighted by atomic mass is 10.2. The zero-order valence-electron chi connectivity index (χ0n) is 18.3. The first-order chi connectivity index (χ1) is 15.1. The van der Waals surface area contributed by atoms with Gasteiger partial charge < -0.3 is 29.3 Å². The highest BCUT2D eigenvalue weighted by Gasteiger charge is 2.25. The predicted molar refractivity (Wildman–Crippen MR) is 120 cm³/mol. The van der Waals surface area contributed by atoms with Crippen molar-refractivity contribution >= 4 is 17.7 Å². The van der Waals surface area contributed by atoms with Gasteiger partial charge in [0.25, 0.3) is 5.91 Å². The molecule has 166 valence electrons. The van der Waals surface area contributed by atoms with Gasteiger partial charge in [0.15, 0.2) is 11.7 Å². The van der Waals surface area contributed by atoms with Gasteiger partial charge in [-0.25, -0.2) is 4.98 Å². The highest BCUT2D eigenvalue weighted by atomic mass is 16.3. The number of carbonyl (C=O) groups is 1. The average molecular weight is 426 g/mol. The van der Waals surface area contributed by atoms with Crippen LogP contribution in [-0.2, 0) is 6.54 Å². The maximum Gasteiger partial charge on any atom is 0.289 e. The molecule has 1 amide bonds. The standard InChI is InChI=1S/C22H31N7O2/c1-23-22(29-13-11-28(12-14-29)21(30)19-4-3-15-31-19)25-17-18-5-6-24-20(16-18)27-9-7-26(2)8-10-27/h3-6,15-16H,7-14,17H2,1-2H3,(H,23,25). The quantitative estimate of drug-likeness (QED) is 0.577. The van der Waals surface area contributed by atoms with Crippen LogP contribution in [0.3, 0.4) is 0 Å². The van der Waals surface area contributed by atoms with E-state index in [2.05, 4.69) is 43.1 Å². The van der Waals surface area contributed by atoms with Crippen LogP contribution in [0.5, 0.6) is 0 Å². The molecule has 2 aliphatic rings. The van der Waals surface area contributed by atoms with Crippen molar-refractivity contribution in [2.75, 3.05) is 71.4 Å². The number of hydrogen-bond acceptors (Lipinski definition) is 6. The van der Waals surface area contributed by atoms with Crippen molar-refractivity contribution in [3.63, 3.8) is 0 Å². The Morgan fingerprint density at radius 1 is 1.10 bits per heavy atom. The predicted octanol–water partition coefficient (Wildman–Crippen LogP) is 0.960. The lowest BCUT2D eigenvalue weighted by Gasteiger charge is -2.36. The van der Waals surface area contributed by atoms with Crippen LogP contribution in [0, 0.1) is 0 Å². The van der Waals surface area contributed by atoms with E-state index in [0.29, 0.717) is 25.4 Å². The summed E-state index contributed by atoms with van der Waals surface area (Å²) in [5.41, 5.74) is 1.18. The van der Waals surface area contributed by atoms with Crippen LogP contribution in [-0.4, -0.2) is 98.0 Å². The van der Waals surface area contributed by atoms with Gasteiger partial charge in [0.1, 0.15) is 5.82 Å². The molecule has 31 heavy (non-hydrogen) atoms. The molecular weight excluding hydrogens is 394 g/mol. The molecule has 4 heterocycles. The average Bonchev–Trinajstić information content (AvgIpc) is 3.35. The molecule has 9 heteroatoms. The van der Waals surface area contributed by atoms with Crippen LogP contribution in [0.25, 0.3) is 0 Å². The smallest absolute Gasteiger partial charge is 0.289 e. The Hall–Kier alpha value is -3.07. The summed E-state index contributed by atoms with van der Waals surface area (Å²) in [4.78, 5) is 30.2. The summed E-state index contributed by atoms with van der Waals surface area (Å²) in [6.07, 6.45) is 3.41. The fourth-order valence-corrected chi connectivity index (χ4v) is 3.97. The normalized spacial score (nSPS) is 18.4. The molecule has 2 aromatic rings. The Morgan fingerprint density at radius 3 is 2.52 bits per heavy atom. The molecule has 9 nitrogen and oxygen atoms in total. The van der Waals surface area contributed by atoms with Crippen LogP contribution in [0.15, 0.2) is 46.1 Å². The first kappa shape index (κ1) is 21.2. The molecule has 0 saturated carbocycles. The van der Waals surface area contributed by atoms with Gasteiger partial charge in [0.2, 0.25) is 0 Å². The summed E-state index contributed by atoms with van der Waals surface area (Å²) >= 11 is 0. The number of carbonyl (C=O) groups excluding carboxylic acids is 1. The van der Waals surface area contributed by atoms with Crippen molar-refractivity contribution in [3.8, 4) is 0 Å². The number of rotatable bonds is 4. The summed E-state index contributed by atoms with van der Waals surface area (Å²) < 4.78 is 5.24. The molecule has 2 aromatic heterocycles. The second-order valence-corrected chi connectivity index (χ2v) is 7.97. The molecule has 0 aliphatic carbocycles. The van der Waals surface area contributed by atoms with Gasteiger partial charge in [0, 0.05) is 72.1 Å². The highest BCUT2D eigenvalue weighted by Crippen LogP contribution is 2.15. The van der Waals surface area contributed by atoms with Crippen LogP contribution in [0.2, 0.25) is 0 Å². The monoisotopic (exact) mass is 425 g/mol. The lowest BCUT2D eigenvalue weighted by molar-refractivity contribution is 0.0657. The molecule has 2 aliphatic heterocycles. The first-order valence-corrected chi connectivity index (χ1v) is 10.8. The van der Waals surface area contributed by atoms with Gasteiger partial charge in [-0.15, -0.1) is 0 Å². The van der Waals surface area contributed by atoms with Gasteiger partial charge in [-0.2, -0.15) is 0 Å². The van der Waals surface area contributed by atoms with Crippen molar-refractivity contribution in [2.24, 2.45) is 4.99 Å². The van der Waals surface area contributed by atoms with Crippen LogP contribution in [0.4, 0.5) is 5.82 Å². The second kappa shape index (κ2) is 9.82. The van der Waals surface area contributed by atoms with Gasteiger partial charge in [-0.05, 0) is 36.9 Å². The van der Waals surface area contributed by atoms with E-state index in [0.717, 1.165) is 51.0 Å². The molecule has 0 radical (unpaired) electrons. The third kappa shape index (κ3) is 5.16. The Morgan fingerprint density at radius 2 is 1.84 bits per heavy atom. The Kier molecular flexibility index (Phi) is 6.71. The number of furan rings is 1. The van der Waals surface area contributed by atoms with Crippen LogP contribution < -0.4 is 10.2 Å². The van der Waals surface area contributed by atoms with E-state index in [9.17, 15) is 4.79 Å².